The van der Waals surface area contributed by atoms with E-state index >= 15 is 0 Å². The summed E-state index contributed by atoms with van der Waals surface area (Å²) in [6.45, 7) is 5.12. The third-order valence-corrected chi connectivity index (χ3v) is 5.92. The summed E-state index contributed by atoms with van der Waals surface area (Å²) in [5, 5.41) is 23.7. The van der Waals surface area contributed by atoms with E-state index in [4.69, 9.17) is 9.84 Å². The zero-order valence-electron chi connectivity index (χ0n) is 18.9. The van der Waals surface area contributed by atoms with E-state index in [0.29, 0.717) is 0 Å². The van der Waals surface area contributed by atoms with Gasteiger partial charge in [0.1, 0.15) is 6.61 Å². The van der Waals surface area contributed by atoms with Gasteiger partial charge in [0, 0.05) is 18.4 Å². The van der Waals surface area contributed by atoms with Gasteiger partial charge in [0.25, 0.3) is 0 Å². The number of ether oxygens (including phenoxy) is 1. The van der Waals surface area contributed by atoms with E-state index < -0.39 is 36.2 Å². The smallest absolute Gasteiger partial charge is 0.407 e. The van der Waals surface area contributed by atoms with Crippen molar-refractivity contribution < 1.29 is 29.3 Å². The quantitative estimate of drug-likeness (QED) is 0.462. The number of carboxylic acid groups (broad SMARTS) is 1. The predicted octanol–water partition coefficient (Wildman–Crippen LogP) is 2.89. The predicted molar refractivity (Wildman–Crippen MR) is 123 cm³/mol. The van der Waals surface area contributed by atoms with Crippen molar-refractivity contribution in [2.75, 3.05) is 6.61 Å². The highest BCUT2D eigenvalue weighted by Crippen LogP contribution is 2.44. The van der Waals surface area contributed by atoms with Crippen LogP contribution in [0, 0.1) is 5.92 Å². The van der Waals surface area contributed by atoms with Crippen LogP contribution in [0.4, 0.5) is 4.79 Å². The largest absolute Gasteiger partial charge is 0.480 e. The van der Waals surface area contributed by atoms with Crippen LogP contribution < -0.4 is 10.6 Å². The number of carboxylic acids is 1. The third kappa shape index (κ3) is 5.70. The molecule has 3 rings (SSSR count). The second-order valence-corrected chi connectivity index (χ2v) is 8.65. The normalized spacial score (nSPS) is 15.2. The second-order valence-electron chi connectivity index (χ2n) is 8.65. The first-order valence-corrected chi connectivity index (χ1v) is 11.0. The minimum absolute atomic E-state index is 0.0775. The average Bonchev–Trinajstić information content (AvgIpc) is 3.09. The molecular weight excluding hydrogens is 424 g/mol. The molecule has 0 aromatic heterocycles. The number of carbonyl (C=O) groups excluding carboxylic acids is 2. The van der Waals surface area contributed by atoms with E-state index in [9.17, 15) is 19.5 Å². The number of rotatable bonds is 9. The lowest BCUT2D eigenvalue weighted by molar-refractivity contribution is -0.144. The fraction of sp³-hybridized carbons (Fsp3) is 0.400. The molecule has 176 valence electrons. The standard InChI is InChI=1S/C25H30N2O6/c1-14(2)21(12-22(29)27-23(15(3)28)24(30)31)26-25(32)33-13-20-18-10-6-4-8-16(18)17-9-5-7-11-19(17)20/h4-11,14-15,20-21,23,28H,12-13H2,1-3H3,(H,26,32)(H,27,29)(H,30,31)/t15-,21-,23+/m1/s1. The first kappa shape index (κ1) is 24.3. The van der Waals surface area contributed by atoms with Gasteiger partial charge in [-0.15, -0.1) is 0 Å². The van der Waals surface area contributed by atoms with Gasteiger partial charge in [-0.25, -0.2) is 9.59 Å². The van der Waals surface area contributed by atoms with Crippen LogP contribution in [0.1, 0.15) is 44.2 Å². The fourth-order valence-electron chi connectivity index (χ4n) is 4.07. The van der Waals surface area contributed by atoms with Gasteiger partial charge in [0.05, 0.1) is 6.10 Å². The molecule has 0 unspecified atom stereocenters. The van der Waals surface area contributed by atoms with Crippen molar-refractivity contribution in [2.24, 2.45) is 5.92 Å². The molecule has 0 radical (unpaired) electrons. The number of nitrogens with one attached hydrogen (secondary N) is 2. The molecule has 8 heteroatoms. The number of amides is 2. The Balaban J connectivity index is 1.61. The van der Waals surface area contributed by atoms with Gasteiger partial charge in [0.2, 0.25) is 5.91 Å². The molecule has 2 aromatic rings. The molecule has 8 nitrogen and oxygen atoms in total. The van der Waals surface area contributed by atoms with Crippen LogP contribution >= 0.6 is 0 Å². The molecule has 0 fully saturated rings. The molecule has 0 bridgehead atoms. The van der Waals surface area contributed by atoms with Gasteiger partial charge in [-0.2, -0.15) is 0 Å². The summed E-state index contributed by atoms with van der Waals surface area (Å²) < 4.78 is 5.54. The summed E-state index contributed by atoms with van der Waals surface area (Å²) in [6.07, 6.45) is -2.04. The molecule has 33 heavy (non-hydrogen) atoms. The molecule has 2 aromatic carbocycles. The molecule has 0 spiro atoms. The second kappa shape index (κ2) is 10.5. The van der Waals surface area contributed by atoms with E-state index in [1.165, 1.54) is 6.92 Å². The number of alkyl carbamates (subject to hydrolysis) is 1. The lowest BCUT2D eigenvalue weighted by Gasteiger charge is -2.24. The molecule has 1 aliphatic rings. The summed E-state index contributed by atoms with van der Waals surface area (Å²) in [7, 11) is 0. The van der Waals surface area contributed by atoms with E-state index in [1.54, 1.807) is 0 Å². The molecule has 4 N–H and O–H groups in total. The van der Waals surface area contributed by atoms with Crippen molar-refractivity contribution in [2.45, 2.75) is 51.3 Å². The Kier molecular flexibility index (Phi) is 7.71. The van der Waals surface area contributed by atoms with E-state index in [-0.39, 0.29) is 24.9 Å². The molecule has 1 aliphatic carbocycles. The minimum atomic E-state index is -1.42. The van der Waals surface area contributed by atoms with E-state index in [2.05, 4.69) is 22.8 Å². The first-order chi connectivity index (χ1) is 15.7. The summed E-state index contributed by atoms with van der Waals surface area (Å²) >= 11 is 0. The lowest BCUT2D eigenvalue weighted by Crippen LogP contribution is -2.50. The Morgan fingerprint density at radius 1 is 0.939 bits per heavy atom. The van der Waals surface area contributed by atoms with Crippen molar-refractivity contribution in [3.8, 4) is 11.1 Å². The summed E-state index contributed by atoms with van der Waals surface area (Å²) in [4.78, 5) is 36.1. The number of aliphatic hydroxyl groups excluding tert-OH is 1. The Hall–Kier alpha value is -3.39. The Morgan fingerprint density at radius 3 is 1.97 bits per heavy atom. The third-order valence-electron chi connectivity index (χ3n) is 5.92. The number of carbonyl (C=O) groups is 3. The van der Waals surface area contributed by atoms with Crippen molar-refractivity contribution >= 4 is 18.0 Å². The van der Waals surface area contributed by atoms with Crippen LogP contribution in [0.5, 0.6) is 0 Å². The Morgan fingerprint density at radius 2 is 1.48 bits per heavy atom. The SMILES string of the molecule is CC(C)[C@@H](CC(=O)N[C@H](C(=O)O)[C@@H](C)O)NC(=O)OCC1c2ccccc2-c2ccccc21. The zero-order chi connectivity index (χ0) is 24.1. The zero-order valence-corrected chi connectivity index (χ0v) is 18.9. The lowest BCUT2D eigenvalue weighted by atomic mass is 9.98. The van der Waals surface area contributed by atoms with Crippen LogP contribution in [0.2, 0.25) is 0 Å². The van der Waals surface area contributed by atoms with Gasteiger partial charge in [-0.3, -0.25) is 4.79 Å². The number of aliphatic carboxylic acids is 1. The first-order valence-electron chi connectivity index (χ1n) is 11.0. The maximum absolute atomic E-state index is 12.6. The number of benzene rings is 2. The van der Waals surface area contributed by atoms with Crippen LogP contribution in [-0.4, -0.2) is 53.0 Å². The van der Waals surface area contributed by atoms with E-state index in [1.807, 2.05) is 50.2 Å². The number of hydrogen-bond donors (Lipinski definition) is 4. The monoisotopic (exact) mass is 454 g/mol. The molecule has 0 saturated carbocycles. The van der Waals surface area contributed by atoms with Crippen LogP contribution in [0.3, 0.4) is 0 Å². The summed E-state index contributed by atoms with van der Waals surface area (Å²) in [5.41, 5.74) is 4.46. The maximum atomic E-state index is 12.6. The van der Waals surface area contributed by atoms with Gasteiger partial charge >= 0.3 is 12.1 Å². The number of fused-ring (bicyclic) bond motifs is 3. The molecule has 2 amide bonds. The van der Waals surface area contributed by atoms with Crippen molar-refractivity contribution in [3.63, 3.8) is 0 Å². The van der Waals surface area contributed by atoms with Crippen molar-refractivity contribution in [1.29, 1.82) is 0 Å². The highest BCUT2D eigenvalue weighted by atomic mass is 16.5. The number of hydrogen-bond acceptors (Lipinski definition) is 5. The Bertz CT molecular complexity index is 974. The van der Waals surface area contributed by atoms with Gasteiger partial charge in [-0.1, -0.05) is 62.4 Å². The van der Waals surface area contributed by atoms with E-state index in [0.717, 1.165) is 22.3 Å². The van der Waals surface area contributed by atoms with Crippen molar-refractivity contribution in [1.82, 2.24) is 10.6 Å². The molecule has 0 heterocycles. The minimum Gasteiger partial charge on any atom is -0.480 e. The van der Waals surface area contributed by atoms with Crippen LogP contribution in [-0.2, 0) is 14.3 Å². The van der Waals surface area contributed by atoms with Crippen LogP contribution in [0.15, 0.2) is 48.5 Å². The molecule has 3 atom stereocenters. The summed E-state index contributed by atoms with van der Waals surface area (Å²) in [6, 6.07) is 14.1. The average molecular weight is 455 g/mol. The maximum Gasteiger partial charge on any atom is 0.407 e. The van der Waals surface area contributed by atoms with Gasteiger partial charge in [0.15, 0.2) is 6.04 Å². The van der Waals surface area contributed by atoms with Crippen molar-refractivity contribution in [3.05, 3.63) is 59.7 Å². The molecule has 0 saturated heterocycles. The Labute approximate surface area is 193 Å². The molecular formula is C25H30N2O6. The highest BCUT2D eigenvalue weighted by Gasteiger charge is 2.30. The van der Waals surface area contributed by atoms with Gasteiger partial charge in [-0.05, 0) is 35.1 Å². The summed E-state index contributed by atoms with van der Waals surface area (Å²) in [5.74, 6) is -2.10. The van der Waals surface area contributed by atoms with Gasteiger partial charge < -0.3 is 25.6 Å². The highest BCUT2D eigenvalue weighted by molar-refractivity contribution is 5.84. The fourth-order valence-corrected chi connectivity index (χ4v) is 4.07. The van der Waals surface area contributed by atoms with Crippen LogP contribution in [0.25, 0.3) is 11.1 Å². The number of aliphatic hydroxyl groups is 1. The molecule has 0 aliphatic heterocycles. The topological polar surface area (TPSA) is 125 Å².